The minimum atomic E-state index is -0.515. The van der Waals surface area contributed by atoms with Crippen LogP contribution >= 0.6 is 34.5 Å². The Morgan fingerprint density at radius 3 is 2.36 bits per heavy atom. The molecule has 0 fully saturated rings. The van der Waals surface area contributed by atoms with E-state index in [0.29, 0.717) is 10.8 Å². The van der Waals surface area contributed by atoms with E-state index < -0.39 is 10.5 Å². The van der Waals surface area contributed by atoms with Crippen LogP contribution in [0.2, 0.25) is 0 Å². The molecule has 0 aliphatic carbocycles. The number of hydrogen-bond donors (Lipinski definition) is 0. The molecule has 0 bridgehead atoms. The normalized spacial score (nSPS) is 11.0. The van der Waals surface area contributed by atoms with Crippen LogP contribution in [0.25, 0.3) is 15.5 Å². The van der Waals surface area contributed by atoms with Gasteiger partial charge in [0.05, 0.1) is 6.42 Å². The molecular formula is C13H8Cl2N4O2S. The Bertz CT molecular complexity index is 857. The van der Waals surface area contributed by atoms with Crippen LogP contribution in [0.15, 0.2) is 24.3 Å². The van der Waals surface area contributed by atoms with Crippen LogP contribution in [-0.4, -0.2) is 30.3 Å². The molecule has 0 aliphatic rings. The van der Waals surface area contributed by atoms with Crippen molar-refractivity contribution in [3.05, 3.63) is 35.7 Å². The van der Waals surface area contributed by atoms with Gasteiger partial charge in [0.15, 0.2) is 5.82 Å². The maximum atomic E-state index is 11.0. The molecule has 0 spiro atoms. The van der Waals surface area contributed by atoms with Gasteiger partial charge in [-0.15, -0.1) is 10.2 Å². The summed E-state index contributed by atoms with van der Waals surface area (Å²) in [7, 11) is 0. The topological polar surface area (TPSA) is 77.2 Å². The zero-order valence-corrected chi connectivity index (χ0v) is 13.3. The lowest BCUT2D eigenvalue weighted by molar-refractivity contribution is -0.112. The summed E-state index contributed by atoms with van der Waals surface area (Å²) in [6.07, 6.45) is 0.164. The van der Waals surface area contributed by atoms with E-state index in [2.05, 4.69) is 15.3 Å². The van der Waals surface area contributed by atoms with Crippen LogP contribution in [0.5, 0.6) is 0 Å². The number of benzene rings is 1. The van der Waals surface area contributed by atoms with Crippen molar-refractivity contribution >= 4 is 50.0 Å². The van der Waals surface area contributed by atoms with E-state index in [1.165, 1.54) is 15.9 Å². The van der Waals surface area contributed by atoms with Gasteiger partial charge < -0.3 is 0 Å². The van der Waals surface area contributed by atoms with Gasteiger partial charge in [-0.25, -0.2) is 0 Å². The van der Waals surface area contributed by atoms with Crippen molar-refractivity contribution < 1.29 is 9.59 Å². The Morgan fingerprint density at radius 2 is 1.73 bits per heavy atom. The summed E-state index contributed by atoms with van der Waals surface area (Å²) >= 11 is 12.1. The third kappa shape index (κ3) is 3.16. The maximum absolute atomic E-state index is 11.0. The van der Waals surface area contributed by atoms with Gasteiger partial charge in [-0.3, -0.25) is 9.59 Å². The summed E-state index contributed by atoms with van der Waals surface area (Å²) < 4.78 is 1.51. The summed E-state index contributed by atoms with van der Waals surface area (Å²) in [6, 6.07) is 7.35. The van der Waals surface area contributed by atoms with Crippen LogP contribution in [-0.2, 0) is 22.4 Å². The first-order chi connectivity index (χ1) is 10.5. The molecule has 1 aromatic carbocycles. The molecule has 0 N–H and O–H groups in total. The molecule has 22 heavy (non-hydrogen) atoms. The van der Waals surface area contributed by atoms with Crippen LogP contribution < -0.4 is 0 Å². The first kappa shape index (κ1) is 15.1. The fourth-order valence-electron chi connectivity index (χ4n) is 1.93. The highest BCUT2D eigenvalue weighted by Gasteiger charge is 2.14. The van der Waals surface area contributed by atoms with Gasteiger partial charge in [-0.05, 0) is 28.8 Å². The number of nitrogens with zero attached hydrogens (tertiary/aromatic N) is 4. The molecule has 2 aromatic heterocycles. The molecule has 0 radical (unpaired) electrons. The number of hydrogen-bond acceptors (Lipinski definition) is 6. The van der Waals surface area contributed by atoms with E-state index in [0.717, 1.165) is 16.1 Å². The molecule has 6 nitrogen and oxygen atoms in total. The molecule has 112 valence electrons. The highest BCUT2D eigenvalue weighted by molar-refractivity contribution is 7.19. The zero-order valence-electron chi connectivity index (χ0n) is 11.0. The average molecular weight is 355 g/mol. The van der Waals surface area contributed by atoms with Crippen molar-refractivity contribution in [2.45, 2.75) is 12.8 Å². The van der Waals surface area contributed by atoms with Gasteiger partial charge in [0.25, 0.3) is 0 Å². The van der Waals surface area contributed by atoms with Gasteiger partial charge >= 0.3 is 0 Å². The van der Waals surface area contributed by atoms with Crippen molar-refractivity contribution in [3.63, 3.8) is 0 Å². The summed E-state index contributed by atoms with van der Waals surface area (Å²) in [6.45, 7) is 0. The molecule has 0 unspecified atom stereocenters. The van der Waals surface area contributed by atoms with E-state index in [1.54, 1.807) is 0 Å². The van der Waals surface area contributed by atoms with Crippen LogP contribution in [0, 0.1) is 0 Å². The molecule has 3 aromatic rings. The number of rotatable bonds is 5. The Morgan fingerprint density at radius 1 is 1.05 bits per heavy atom. The molecule has 0 aliphatic heterocycles. The quantitative estimate of drug-likeness (QED) is 0.657. The number of aromatic nitrogens is 4. The summed E-state index contributed by atoms with van der Waals surface area (Å²) in [5.74, 6) is 0.404. The zero-order chi connectivity index (χ0) is 15.7. The van der Waals surface area contributed by atoms with Gasteiger partial charge in [-0.1, -0.05) is 35.6 Å². The van der Waals surface area contributed by atoms with Crippen molar-refractivity contribution in [2.75, 3.05) is 0 Å². The number of carbonyl (C=O) groups excluding carboxylic acids is 2. The maximum Gasteiger partial charge on any atom is 0.234 e. The van der Waals surface area contributed by atoms with Gasteiger partial charge in [0.1, 0.15) is 5.01 Å². The standard InChI is InChI=1S/C13H8Cl2N4O2S/c14-9(20)5-7-1-3-8(4-2-7)12-18-19-11(6-10(15)21)16-17-13(19)22-12/h1-4H,5-6H2. The Labute approximate surface area is 138 Å². The third-order valence-electron chi connectivity index (χ3n) is 2.90. The largest absolute Gasteiger partial charge is 0.281 e. The highest BCUT2D eigenvalue weighted by Crippen LogP contribution is 2.26. The second kappa shape index (κ2) is 6.12. The lowest BCUT2D eigenvalue weighted by Crippen LogP contribution is -2.01. The van der Waals surface area contributed by atoms with E-state index >= 15 is 0 Å². The molecule has 0 atom stereocenters. The predicted octanol–water partition coefficient (Wildman–Crippen LogP) is 2.47. The Kier molecular flexibility index (Phi) is 4.19. The monoisotopic (exact) mass is 354 g/mol. The molecule has 0 saturated heterocycles. The van der Waals surface area contributed by atoms with Crippen LogP contribution in [0.3, 0.4) is 0 Å². The SMILES string of the molecule is O=C(Cl)Cc1ccc(-c2nn3c(CC(=O)Cl)nnc3s2)cc1. The molecule has 0 saturated carbocycles. The van der Waals surface area contributed by atoms with Crippen LogP contribution in [0.4, 0.5) is 0 Å². The number of carbonyl (C=O) groups is 2. The third-order valence-corrected chi connectivity index (χ3v) is 4.11. The summed E-state index contributed by atoms with van der Waals surface area (Å²) in [5.41, 5.74) is 1.71. The van der Waals surface area contributed by atoms with E-state index in [1.807, 2.05) is 24.3 Å². The smallest absolute Gasteiger partial charge is 0.234 e. The lowest BCUT2D eigenvalue weighted by Gasteiger charge is -1.99. The fourth-order valence-corrected chi connectivity index (χ4v) is 3.07. The first-order valence-electron chi connectivity index (χ1n) is 6.20. The molecule has 9 heteroatoms. The fraction of sp³-hybridized carbons (Fsp3) is 0.154. The van der Waals surface area contributed by atoms with E-state index in [9.17, 15) is 9.59 Å². The second-order valence-electron chi connectivity index (χ2n) is 4.48. The highest BCUT2D eigenvalue weighted by atomic mass is 35.5. The Hall–Kier alpha value is -1.83. The first-order valence-corrected chi connectivity index (χ1v) is 7.77. The summed E-state index contributed by atoms with van der Waals surface area (Å²) in [5, 5.41) is 12.1. The van der Waals surface area contributed by atoms with Crippen molar-refractivity contribution in [3.8, 4) is 10.6 Å². The van der Waals surface area contributed by atoms with E-state index in [4.69, 9.17) is 23.2 Å². The predicted molar refractivity (Wildman–Crippen MR) is 83.2 cm³/mol. The van der Waals surface area contributed by atoms with Gasteiger partial charge in [0, 0.05) is 12.0 Å². The summed E-state index contributed by atoms with van der Waals surface area (Å²) in [4.78, 5) is 22.4. The number of halogens is 2. The van der Waals surface area contributed by atoms with Gasteiger partial charge in [-0.2, -0.15) is 9.61 Å². The van der Waals surface area contributed by atoms with Crippen molar-refractivity contribution in [2.24, 2.45) is 0 Å². The van der Waals surface area contributed by atoms with Gasteiger partial charge in [0.2, 0.25) is 15.4 Å². The Balaban J connectivity index is 1.91. The molecule has 3 rings (SSSR count). The second-order valence-corrected chi connectivity index (χ2v) is 6.28. The molecular weight excluding hydrogens is 347 g/mol. The minimum Gasteiger partial charge on any atom is -0.281 e. The van der Waals surface area contributed by atoms with Crippen molar-refractivity contribution in [1.82, 2.24) is 19.8 Å². The van der Waals surface area contributed by atoms with E-state index in [-0.39, 0.29) is 12.8 Å². The van der Waals surface area contributed by atoms with Crippen molar-refractivity contribution in [1.29, 1.82) is 0 Å². The molecule has 2 heterocycles. The van der Waals surface area contributed by atoms with Crippen LogP contribution in [0.1, 0.15) is 11.4 Å². The minimum absolute atomic E-state index is 0.0251. The average Bonchev–Trinajstić information content (AvgIpc) is 3.01. The lowest BCUT2D eigenvalue weighted by atomic mass is 10.1. The number of fused-ring (bicyclic) bond motifs is 1. The molecule has 0 amide bonds.